The lowest BCUT2D eigenvalue weighted by atomic mass is 9.99. The predicted octanol–water partition coefficient (Wildman–Crippen LogP) is 1.16. The lowest BCUT2D eigenvalue weighted by molar-refractivity contribution is 0.600. The fraction of sp³-hybridized carbons (Fsp3) is 0.308. The Hall–Kier alpha value is -1.86. The summed E-state index contributed by atoms with van der Waals surface area (Å²) in [7, 11) is -3.60. The molecule has 3 rings (SSSR count). The van der Waals surface area contributed by atoms with E-state index in [-0.39, 0.29) is 4.90 Å². The average molecular weight is 292 g/mol. The molecule has 0 saturated heterocycles. The van der Waals surface area contributed by atoms with Gasteiger partial charge >= 0.3 is 0 Å². The maximum Gasteiger partial charge on any atom is 0.265 e. The van der Waals surface area contributed by atoms with Crippen molar-refractivity contribution in [3.63, 3.8) is 0 Å². The summed E-state index contributed by atoms with van der Waals surface area (Å²) in [5, 5.41) is 9.68. The number of sulfonamides is 1. The minimum absolute atomic E-state index is 0.184. The summed E-state index contributed by atoms with van der Waals surface area (Å²) in [4.78, 5) is 0.184. The molecule has 0 unspecified atom stereocenters. The van der Waals surface area contributed by atoms with Gasteiger partial charge in [0.15, 0.2) is 0 Å². The molecule has 2 aromatic rings. The topological polar surface area (TPSA) is 86.9 Å². The number of anilines is 1. The van der Waals surface area contributed by atoms with E-state index in [2.05, 4.69) is 20.2 Å². The van der Waals surface area contributed by atoms with Crippen molar-refractivity contribution < 1.29 is 8.42 Å². The SMILES string of the molecule is Cc1[nH]ncc1S(=O)(=O)Nc1cccc2c1CCNC2. The third-order valence-corrected chi connectivity index (χ3v) is 4.94. The molecule has 0 fully saturated rings. The van der Waals surface area contributed by atoms with E-state index >= 15 is 0 Å². The van der Waals surface area contributed by atoms with Crippen molar-refractivity contribution in [1.29, 1.82) is 0 Å². The molecular formula is C13H16N4O2S. The van der Waals surface area contributed by atoms with Crippen LogP contribution in [0.25, 0.3) is 0 Å². The smallest absolute Gasteiger partial charge is 0.265 e. The summed E-state index contributed by atoms with van der Waals surface area (Å²) in [5.74, 6) is 0. The van der Waals surface area contributed by atoms with Crippen LogP contribution in [-0.4, -0.2) is 25.2 Å². The number of rotatable bonds is 3. The normalized spacial score (nSPS) is 14.8. The number of aromatic amines is 1. The molecule has 0 saturated carbocycles. The van der Waals surface area contributed by atoms with E-state index in [9.17, 15) is 8.42 Å². The minimum atomic E-state index is -3.60. The molecule has 1 aromatic carbocycles. The van der Waals surface area contributed by atoms with E-state index in [1.54, 1.807) is 13.0 Å². The van der Waals surface area contributed by atoms with Gasteiger partial charge in [-0.05, 0) is 37.1 Å². The van der Waals surface area contributed by atoms with Crippen molar-refractivity contribution >= 4 is 15.7 Å². The lowest BCUT2D eigenvalue weighted by Gasteiger charge is -2.20. The van der Waals surface area contributed by atoms with Gasteiger partial charge in [0.25, 0.3) is 10.0 Å². The predicted molar refractivity (Wildman–Crippen MR) is 76.0 cm³/mol. The Labute approximate surface area is 117 Å². The summed E-state index contributed by atoms with van der Waals surface area (Å²) in [6.45, 7) is 3.32. The van der Waals surface area contributed by atoms with Gasteiger partial charge in [0, 0.05) is 6.54 Å². The molecule has 3 N–H and O–H groups in total. The molecule has 1 aliphatic heterocycles. The number of H-pyrrole nitrogens is 1. The van der Waals surface area contributed by atoms with E-state index < -0.39 is 10.0 Å². The molecule has 0 spiro atoms. The van der Waals surface area contributed by atoms with Crippen LogP contribution in [0.3, 0.4) is 0 Å². The second-order valence-corrected chi connectivity index (χ2v) is 6.49. The summed E-state index contributed by atoms with van der Waals surface area (Å²) in [6, 6.07) is 5.69. The van der Waals surface area contributed by atoms with Gasteiger partial charge < -0.3 is 5.32 Å². The maximum atomic E-state index is 12.4. The van der Waals surface area contributed by atoms with Crippen LogP contribution in [0.1, 0.15) is 16.8 Å². The Morgan fingerprint density at radius 1 is 1.35 bits per heavy atom. The number of fused-ring (bicyclic) bond motifs is 1. The molecule has 106 valence electrons. The molecule has 20 heavy (non-hydrogen) atoms. The number of hydrogen-bond acceptors (Lipinski definition) is 4. The van der Waals surface area contributed by atoms with Crippen molar-refractivity contribution in [1.82, 2.24) is 15.5 Å². The summed E-state index contributed by atoms with van der Waals surface area (Å²) in [6.07, 6.45) is 2.15. The highest BCUT2D eigenvalue weighted by Crippen LogP contribution is 2.26. The van der Waals surface area contributed by atoms with Crippen LogP contribution in [0.2, 0.25) is 0 Å². The number of benzene rings is 1. The molecule has 2 heterocycles. The average Bonchev–Trinajstić information content (AvgIpc) is 2.86. The van der Waals surface area contributed by atoms with Crippen LogP contribution in [0.15, 0.2) is 29.3 Å². The number of nitrogens with zero attached hydrogens (tertiary/aromatic N) is 1. The Morgan fingerprint density at radius 2 is 2.20 bits per heavy atom. The van der Waals surface area contributed by atoms with Crippen molar-refractivity contribution in [2.24, 2.45) is 0 Å². The highest BCUT2D eigenvalue weighted by molar-refractivity contribution is 7.92. The standard InChI is InChI=1S/C13H16N4O2S/c1-9-13(8-15-16-9)20(18,19)17-12-4-2-3-10-7-14-6-5-11(10)12/h2-4,8,14,17H,5-7H2,1H3,(H,15,16). The fourth-order valence-electron chi connectivity index (χ4n) is 2.44. The summed E-state index contributed by atoms with van der Waals surface area (Å²) < 4.78 is 27.4. The molecule has 1 aliphatic rings. The van der Waals surface area contributed by atoms with Gasteiger partial charge in [-0.15, -0.1) is 0 Å². The van der Waals surface area contributed by atoms with Crippen LogP contribution in [0.5, 0.6) is 0 Å². The third-order valence-electron chi connectivity index (χ3n) is 3.46. The van der Waals surface area contributed by atoms with Crippen molar-refractivity contribution in [3.05, 3.63) is 41.2 Å². The number of aryl methyl sites for hydroxylation is 1. The first kappa shape index (κ1) is 13.1. The maximum absolute atomic E-state index is 12.4. The number of hydrogen-bond donors (Lipinski definition) is 3. The quantitative estimate of drug-likeness (QED) is 0.792. The van der Waals surface area contributed by atoms with Crippen molar-refractivity contribution in [2.75, 3.05) is 11.3 Å². The van der Waals surface area contributed by atoms with Gasteiger partial charge in [-0.2, -0.15) is 5.10 Å². The molecule has 0 bridgehead atoms. The van der Waals surface area contributed by atoms with Gasteiger partial charge in [0.2, 0.25) is 0 Å². The Morgan fingerprint density at radius 3 is 2.95 bits per heavy atom. The van der Waals surface area contributed by atoms with Crippen LogP contribution in [0.4, 0.5) is 5.69 Å². The van der Waals surface area contributed by atoms with E-state index in [0.29, 0.717) is 11.4 Å². The zero-order valence-electron chi connectivity index (χ0n) is 11.1. The molecule has 0 radical (unpaired) electrons. The van der Waals surface area contributed by atoms with Crippen LogP contribution in [-0.2, 0) is 23.0 Å². The van der Waals surface area contributed by atoms with Crippen LogP contribution in [0, 0.1) is 6.92 Å². The summed E-state index contributed by atoms with van der Waals surface area (Å²) in [5.41, 5.74) is 3.39. The zero-order chi connectivity index (χ0) is 14.2. The number of aromatic nitrogens is 2. The fourth-order valence-corrected chi connectivity index (χ4v) is 3.67. The minimum Gasteiger partial charge on any atom is -0.312 e. The molecule has 0 atom stereocenters. The highest BCUT2D eigenvalue weighted by atomic mass is 32.2. The Balaban J connectivity index is 1.98. The molecule has 0 aliphatic carbocycles. The van der Waals surface area contributed by atoms with Gasteiger partial charge in [0.05, 0.1) is 17.6 Å². The second-order valence-electron chi connectivity index (χ2n) is 4.83. The first-order valence-corrected chi connectivity index (χ1v) is 7.90. The van der Waals surface area contributed by atoms with Crippen molar-refractivity contribution in [3.8, 4) is 0 Å². The summed E-state index contributed by atoms with van der Waals surface area (Å²) >= 11 is 0. The van der Waals surface area contributed by atoms with E-state index in [1.165, 1.54) is 6.20 Å². The Bertz CT molecular complexity index is 737. The first-order valence-electron chi connectivity index (χ1n) is 6.42. The van der Waals surface area contributed by atoms with E-state index in [1.807, 2.05) is 12.1 Å². The zero-order valence-corrected chi connectivity index (χ0v) is 11.9. The number of nitrogens with one attached hydrogen (secondary N) is 3. The van der Waals surface area contributed by atoms with E-state index in [0.717, 1.165) is 30.6 Å². The molecule has 6 nitrogen and oxygen atoms in total. The van der Waals surface area contributed by atoms with Gasteiger partial charge in [-0.1, -0.05) is 12.1 Å². The monoisotopic (exact) mass is 292 g/mol. The Kier molecular flexibility index (Phi) is 3.23. The molecule has 7 heteroatoms. The molecule has 0 amide bonds. The van der Waals surface area contributed by atoms with Crippen molar-refractivity contribution in [2.45, 2.75) is 24.8 Å². The van der Waals surface area contributed by atoms with Gasteiger partial charge in [0.1, 0.15) is 4.90 Å². The van der Waals surface area contributed by atoms with Crippen LogP contribution < -0.4 is 10.0 Å². The largest absolute Gasteiger partial charge is 0.312 e. The van der Waals surface area contributed by atoms with Crippen LogP contribution >= 0.6 is 0 Å². The molecular weight excluding hydrogens is 276 g/mol. The molecule has 1 aromatic heterocycles. The van der Waals surface area contributed by atoms with Gasteiger partial charge in [-0.25, -0.2) is 8.42 Å². The second kappa shape index (κ2) is 4.92. The van der Waals surface area contributed by atoms with Gasteiger partial charge in [-0.3, -0.25) is 9.82 Å². The highest BCUT2D eigenvalue weighted by Gasteiger charge is 2.21. The third kappa shape index (κ3) is 2.30. The lowest BCUT2D eigenvalue weighted by Crippen LogP contribution is -2.25. The first-order chi connectivity index (χ1) is 9.58. The van der Waals surface area contributed by atoms with E-state index in [4.69, 9.17) is 0 Å².